The third kappa shape index (κ3) is 3.08. The second-order valence-corrected chi connectivity index (χ2v) is 5.22. The molecule has 0 spiro atoms. The van der Waals surface area contributed by atoms with Gasteiger partial charge in [0.15, 0.2) is 0 Å². The number of Topliss-reactive ketones (excluding diaryl/α,β-unsaturated/α-hetero) is 2. The highest BCUT2D eigenvalue weighted by atomic mass is 32.1. The predicted molar refractivity (Wildman–Crippen MR) is 83.8 cm³/mol. The van der Waals surface area contributed by atoms with E-state index in [1.165, 1.54) is 19.9 Å². The van der Waals surface area contributed by atoms with Crippen LogP contribution in [-0.2, 0) is 19.1 Å². The van der Waals surface area contributed by atoms with Crippen molar-refractivity contribution in [3.8, 4) is 0 Å². The molecule has 2 aromatic rings. The Hall–Kier alpha value is -2.88. The van der Waals surface area contributed by atoms with Crippen LogP contribution in [0, 0.1) is 0 Å². The molecule has 9 nitrogen and oxygen atoms in total. The van der Waals surface area contributed by atoms with Crippen molar-refractivity contribution in [2.24, 2.45) is 0 Å². The zero-order valence-corrected chi connectivity index (χ0v) is 13.6. The van der Waals surface area contributed by atoms with Gasteiger partial charge in [-0.2, -0.15) is 0 Å². The summed E-state index contributed by atoms with van der Waals surface area (Å²) in [6, 6.07) is 1.36. The molecule has 0 aliphatic carbocycles. The van der Waals surface area contributed by atoms with Gasteiger partial charge >= 0.3 is 11.9 Å². The van der Waals surface area contributed by atoms with Gasteiger partial charge in [-0.1, -0.05) is 4.49 Å². The first kappa shape index (κ1) is 17.5. The minimum atomic E-state index is -1.19. The highest BCUT2D eigenvalue weighted by Crippen LogP contribution is 2.30. The number of aromatic nitrogens is 2. The lowest BCUT2D eigenvalue weighted by Crippen LogP contribution is -2.26. The number of hydrogen-bond acceptors (Lipinski definition) is 10. The number of esters is 2. The fourth-order valence-corrected chi connectivity index (χ4v) is 2.62. The first-order chi connectivity index (χ1) is 11.4. The van der Waals surface area contributed by atoms with Crippen molar-refractivity contribution in [3.63, 3.8) is 0 Å². The Morgan fingerprint density at radius 1 is 1.04 bits per heavy atom. The summed E-state index contributed by atoms with van der Waals surface area (Å²) in [5.74, 6) is -4.65. The SMILES string of the molecule is CCOC(=O)C(=O)c1c(N)cc2snnc2c1C(=O)C(=O)OCC. The van der Waals surface area contributed by atoms with E-state index in [-0.39, 0.29) is 24.4 Å². The third-order valence-corrected chi connectivity index (χ3v) is 3.62. The van der Waals surface area contributed by atoms with E-state index in [0.29, 0.717) is 4.70 Å². The highest BCUT2D eigenvalue weighted by molar-refractivity contribution is 7.13. The second-order valence-electron chi connectivity index (χ2n) is 4.43. The minimum absolute atomic E-state index is 0.0000912. The second kappa shape index (κ2) is 7.13. The number of ether oxygens (including phenoxy) is 2. The van der Waals surface area contributed by atoms with Crippen LogP contribution in [0.3, 0.4) is 0 Å². The lowest BCUT2D eigenvalue weighted by molar-refractivity contribution is -0.138. The monoisotopic (exact) mass is 351 g/mol. The van der Waals surface area contributed by atoms with Gasteiger partial charge in [-0.25, -0.2) is 9.59 Å². The summed E-state index contributed by atoms with van der Waals surface area (Å²) in [5, 5.41) is 3.75. The minimum Gasteiger partial charge on any atom is -0.460 e. The van der Waals surface area contributed by atoms with E-state index in [4.69, 9.17) is 5.73 Å². The molecule has 0 saturated carbocycles. The van der Waals surface area contributed by atoms with Gasteiger partial charge in [0.2, 0.25) is 0 Å². The summed E-state index contributed by atoms with van der Waals surface area (Å²) in [7, 11) is 0. The summed E-state index contributed by atoms with van der Waals surface area (Å²) in [4.78, 5) is 48.3. The van der Waals surface area contributed by atoms with Gasteiger partial charge in [-0.3, -0.25) is 9.59 Å². The summed E-state index contributed by atoms with van der Waals surface area (Å²) < 4.78 is 13.4. The normalized spacial score (nSPS) is 10.4. The van der Waals surface area contributed by atoms with Crippen molar-refractivity contribution < 1.29 is 28.7 Å². The Labute approximate surface area is 139 Å². The van der Waals surface area contributed by atoms with Crippen molar-refractivity contribution in [3.05, 3.63) is 17.2 Å². The Balaban J connectivity index is 2.69. The molecule has 2 rings (SSSR count). The zero-order chi connectivity index (χ0) is 17.9. The predicted octanol–water partition coefficient (Wildman–Crippen LogP) is 0.765. The molecule has 0 amide bonds. The van der Waals surface area contributed by atoms with Crippen LogP contribution in [0.2, 0.25) is 0 Å². The number of fused-ring (bicyclic) bond motifs is 1. The van der Waals surface area contributed by atoms with Crippen molar-refractivity contribution >= 4 is 50.9 Å². The fourth-order valence-electron chi connectivity index (χ4n) is 2.00. The molecule has 0 atom stereocenters. The van der Waals surface area contributed by atoms with E-state index in [1.54, 1.807) is 0 Å². The number of anilines is 1. The quantitative estimate of drug-likeness (QED) is 0.346. The summed E-state index contributed by atoms with van der Waals surface area (Å²) >= 11 is 0.924. The maximum atomic E-state index is 12.4. The summed E-state index contributed by atoms with van der Waals surface area (Å²) in [6.07, 6.45) is 0. The number of hydrogen-bond donors (Lipinski definition) is 1. The number of ketones is 2. The average molecular weight is 351 g/mol. The maximum absolute atomic E-state index is 12.4. The molecule has 0 radical (unpaired) electrons. The molecule has 126 valence electrons. The average Bonchev–Trinajstić information content (AvgIpc) is 3.00. The molecule has 0 unspecified atom stereocenters. The molecule has 1 aromatic heterocycles. The van der Waals surface area contributed by atoms with E-state index in [0.717, 1.165) is 11.5 Å². The van der Waals surface area contributed by atoms with Crippen LogP contribution >= 0.6 is 11.5 Å². The Morgan fingerprint density at radius 3 is 2.12 bits per heavy atom. The molecule has 2 N–H and O–H groups in total. The van der Waals surface area contributed by atoms with Gasteiger partial charge in [-0.15, -0.1) is 5.10 Å². The van der Waals surface area contributed by atoms with Gasteiger partial charge in [-0.05, 0) is 31.4 Å². The molecule has 0 aliphatic heterocycles. The highest BCUT2D eigenvalue weighted by Gasteiger charge is 2.33. The smallest absolute Gasteiger partial charge is 0.379 e. The lowest BCUT2D eigenvalue weighted by Gasteiger charge is -2.10. The lowest BCUT2D eigenvalue weighted by atomic mass is 9.97. The van der Waals surface area contributed by atoms with Crippen molar-refractivity contribution in [2.75, 3.05) is 18.9 Å². The van der Waals surface area contributed by atoms with Crippen molar-refractivity contribution in [1.82, 2.24) is 9.59 Å². The molecule has 0 aliphatic rings. The van der Waals surface area contributed by atoms with Crippen LogP contribution in [0.5, 0.6) is 0 Å². The van der Waals surface area contributed by atoms with E-state index >= 15 is 0 Å². The summed E-state index contributed by atoms with van der Waals surface area (Å²) in [5.41, 5.74) is 4.81. The van der Waals surface area contributed by atoms with Gasteiger partial charge < -0.3 is 15.2 Å². The molecule has 0 saturated heterocycles. The molecule has 1 aromatic carbocycles. The van der Waals surface area contributed by atoms with Gasteiger partial charge in [0.1, 0.15) is 5.52 Å². The standard InChI is InChI=1S/C14H13N3O6S/c1-3-22-13(20)11(18)8-6(15)5-7-10(16-17-24-7)9(8)12(19)14(21)23-4-2/h5H,3-4,15H2,1-2H3. The number of benzene rings is 1. The Kier molecular flexibility index (Phi) is 5.19. The van der Waals surface area contributed by atoms with E-state index in [1.807, 2.05) is 0 Å². The number of nitrogen functional groups attached to an aromatic ring is 1. The molecule has 10 heteroatoms. The Morgan fingerprint density at radius 2 is 1.58 bits per heavy atom. The molecule has 0 fully saturated rings. The molecule has 0 bridgehead atoms. The molecular weight excluding hydrogens is 338 g/mol. The first-order valence-electron chi connectivity index (χ1n) is 6.89. The van der Waals surface area contributed by atoms with Crippen LogP contribution in [0.15, 0.2) is 6.07 Å². The van der Waals surface area contributed by atoms with Crippen LogP contribution in [-0.4, -0.2) is 46.3 Å². The van der Waals surface area contributed by atoms with Crippen molar-refractivity contribution in [1.29, 1.82) is 0 Å². The first-order valence-corrected chi connectivity index (χ1v) is 7.67. The van der Waals surface area contributed by atoms with Crippen LogP contribution in [0.25, 0.3) is 10.2 Å². The topological polar surface area (TPSA) is 139 Å². The van der Waals surface area contributed by atoms with Crippen LogP contribution in [0.1, 0.15) is 34.6 Å². The van der Waals surface area contributed by atoms with Crippen LogP contribution < -0.4 is 5.73 Å². The van der Waals surface area contributed by atoms with Gasteiger partial charge in [0, 0.05) is 5.69 Å². The molecule has 1 heterocycles. The number of carbonyl (C=O) groups excluding carboxylic acids is 4. The van der Waals surface area contributed by atoms with E-state index in [2.05, 4.69) is 19.1 Å². The molecular formula is C14H13N3O6S. The van der Waals surface area contributed by atoms with Crippen molar-refractivity contribution in [2.45, 2.75) is 13.8 Å². The van der Waals surface area contributed by atoms with E-state index in [9.17, 15) is 19.2 Å². The van der Waals surface area contributed by atoms with Gasteiger partial charge in [0.25, 0.3) is 11.6 Å². The number of carbonyl (C=O) groups is 4. The van der Waals surface area contributed by atoms with E-state index < -0.39 is 34.6 Å². The maximum Gasteiger partial charge on any atom is 0.379 e. The van der Waals surface area contributed by atoms with Gasteiger partial charge in [0.05, 0.1) is 29.0 Å². The third-order valence-electron chi connectivity index (χ3n) is 2.95. The summed E-state index contributed by atoms with van der Waals surface area (Å²) in [6.45, 7) is 2.97. The zero-order valence-electron chi connectivity index (χ0n) is 12.8. The number of nitrogens with two attached hydrogens (primary N) is 1. The largest absolute Gasteiger partial charge is 0.460 e. The van der Waals surface area contributed by atoms with Crippen LogP contribution in [0.4, 0.5) is 5.69 Å². The molecule has 24 heavy (non-hydrogen) atoms. The number of rotatable bonds is 6. The Bertz CT molecular complexity index is 844. The number of nitrogens with zero attached hydrogens (tertiary/aromatic N) is 2. The fraction of sp³-hybridized carbons (Fsp3) is 0.286.